The summed E-state index contributed by atoms with van der Waals surface area (Å²) in [6.45, 7) is 2.78. The SMILES string of the molecule is O=C(NC[CH-][N+]1(O)CCCC1)c1cccc(CS(=O)(=O)c2ccc(Cl)cc2NS(=O)(=O)c2ccc(Cl)c(C(F)(F)F)c2)c1. The lowest BCUT2D eigenvalue weighted by molar-refractivity contribution is -1.07. The van der Waals surface area contributed by atoms with Crippen molar-refractivity contribution < 1.29 is 44.7 Å². The van der Waals surface area contributed by atoms with Crippen LogP contribution in [-0.4, -0.2) is 52.2 Å². The van der Waals surface area contributed by atoms with E-state index in [0.717, 1.165) is 37.1 Å². The van der Waals surface area contributed by atoms with E-state index in [1.54, 1.807) is 6.54 Å². The third-order valence-electron chi connectivity index (χ3n) is 6.65. The molecule has 1 fully saturated rings. The van der Waals surface area contributed by atoms with Crippen molar-refractivity contribution in [2.24, 2.45) is 0 Å². The molecule has 0 aromatic heterocycles. The van der Waals surface area contributed by atoms with Gasteiger partial charge >= 0.3 is 6.18 Å². The Morgan fingerprint density at radius 1 is 0.977 bits per heavy atom. The zero-order chi connectivity index (χ0) is 31.6. The Balaban J connectivity index is 1.55. The fraction of sp³-hybridized carbons (Fsp3) is 0.259. The number of sulfonamides is 1. The van der Waals surface area contributed by atoms with Gasteiger partial charge in [-0.1, -0.05) is 48.4 Å². The van der Waals surface area contributed by atoms with Crippen molar-refractivity contribution in [2.75, 3.05) is 24.4 Å². The quantitative estimate of drug-likeness (QED) is 0.187. The molecule has 0 spiro atoms. The molecular formula is C27H26Cl2F3N3O6S2. The Kier molecular flexibility index (Phi) is 9.69. The summed E-state index contributed by atoms with van der Waals surface area (Å²) >= 11 is 11.6. The first kappa shape index (κ1) is 33.0. The van der Waals surface area contributed by atoms with E-state index in [0.29, 0.717) is 19.2 Å². The number of amides is 1. The number of alkyl halides is 3. The molecule has 4 rings (SSSR count). The first-order chi connectivity index (χ1) is 20.0. The number of carbonyl (C=O) groups excluding carboxylic acids is 1. The molecule has 1 amide bonds. The van der Waals surface area contributed by atoms with Gasteiger partial charge < -0.3 is 9.96 Å². The van der Waals surface area contributed by atoms with Gasteiger partial charge in [0.15, 0.2) is 9.84 Å². The average Bonchev–Trinajstić information content (AvgIpc) is 3.33. The van der Waals surface area contributed by atoms with Crippen LogP contribution < -0.4 is 10.0 Å². The maximum absolute atomic E-state index is 13.4. The Labute approximate surface area is 256 Å². The number of hydroxylamine groups is 3. The van der Waals surface area contributed by atoms with E-state index >= 15 is 0 Å². The lowest BCUT2D eigenvalue weighted by Crippen LogP contribution is -2.42. The number of likely N-dealkylation sites (tertiary alicyclic amines) is 1. The van der Waals surface area contributed by atoms with Crippen LogP contribution in [0.25, 0.3) is 0 Å². The summed E-state index contributed by atoms with van der Waals surface area (Å²) in [4.78, 5) is 11.4. The van der Waals surface area contributed by atoms with Gasteiger partial charge in [-0.15, -0.1) is 0 Å². The summed E-state index contributed by atoms with van der Waals surface area (Å²) < 4.78 is 94.6. The van der Waals surface area contributed by atoms with Gasteiger partial charge in [0.2, 0.25) is 5.91 Å². The minimum atomic E-state index is -4.94. The van der Waals surface area contributed by atoms with Gasteiger partial charge in [0, 0.05) is 23.4 Å². The van der Waals surface area contributed by atoms with Crippen molar-refractivity contribution in [3.63, 3.8) is 0 Å². The molecule has 1 aliphatic rings. The van der Waals surface area contributed by atoms with Crippen molar-refractivity contribution in [1.82, 2.24) is 5.32 Å². The Morgan fingerprint density at radius 2 is 1.67 bits per heavy atom. The van der Waals surface area contributed by atoms with Crippen LogP contribution >= 0.6 is 23.2 Å². The Morgan fingerprint density at radius 3 is 2.35 bits per heavy atom. The molecule has 9 nitrogen and oxygen atoms in total. The van der Waals surface area contributed by atoms with E-state index in [4.69, 9.17) is 23.2 Å². The number of benzene rings is 3. The largest absolute Gasteiger partial charge is 0.417 e. The van der Waals surface area contributed by atoms with Crippen molar-refractivity contribution in [2.45, 2.75) is 34.6 Å². The number of nitrogens with one attached hydrogen (secondary N) is 2. The minimum Gasteiger partial charge on any atom is -0.377 e. The lowest BCUT2D eigenvalue weighted by Gasteiger charge is -2.34. The van der Waals surface area contributed by atoms with E-state index in [9.17, 15) is 40.0 Å². The number of quaternary nitrogens is 1. The van der Waals surface area contributed by atoms with Gasteiger partial charge in [0.1, 0.15) is 0 Å². The van der Waals surface area contributed by atoms with Gasteiger partial charge in [-0.3, -0.25) is 9.52 Å². The van der Waals surface area contributed by atoms with Crippen LogP contribution in [0.2, 0.25) is 10.0 Å². The summed E-state index contributed by atoms with van der Waals surface area (Å²) in [5.41, 5.74) is -1.50. The molecule has 43 heavy (non-hydrogen) atoms. The van der Waals surface area contributed by atoms with E-state index < -0.39 is 63.8 Å². The number of hydrogen-bond donors (Lipinski definition) is 3. The number of carbonyl (C=O) groups is 1. The van der Waals surface area contributed by atoms with Gasteiger partial charge in [-0.2, -0.15) is 13.2 Å². The maximum atomic E-state index is 13.4. The van der Waals surface area contributed by atoms with Crippen LogP contribution in [0.4, 0.5) is 18.9 Å². The highest BCUT2D eigenvalue weighted by molar-refractivity contribution is 7.93. The van der Waals surface area contributed by atoms with E-state index in [1.165, 1.54) is 30.3 Å². The zero-order valence-electron chi connectivity index (χ0n) is 22.2. The highest BCUT2D eigenvalue weighted by Crippen LogP contribution is 2.37. The van der Waals surface area contributed by atoms with Crippen LogP contribution in [0.15, 0.2) is 70.5 Å². The Hall–Kier alpha value is -2.88. The first-order valence-electron chi connectivity index (χ1n) is 12.7. The van der Waals surface area contributed by atoms with Gasteiger partial charge in [0.05, 0.1) is 44.9 Å². The van der Waals surface area contributed by atoms with Crippen LogP contribution in [0, 0.1) is 6.54 Å². The standard InChI is InChI=1S/C27H26Cl2F3N3O6S2/c28-20-6-9-25(24(15-20)34-43(40,41)21-7-8-23(29)22(16-21)27(30,31)32)42(38,39)17-18-4-3-5-19(14-18)26(36)33-10-13-35(37)11-1-2-12-35/h3-9,13-16,34,37H,1-2,10-12,17H2,(H,33,36). The first-order valence-corrected chi connectivity index (χ1v) is 16.6. The van der Waals surface area contributed by atoms with E-state index in [-0.39, 0.29) is 27.3 Å². The molecule has 232 valence electrons. The molecule has 1 heterocycles. The predicted molar refractivity (Wildman–Crippen MR) is 154 cm³/mol. The lowest BCUT2D eigenvalue weighted by atomic mass is 10.1. The number of sulfone groups is 1. The summed E-state index contributed by atoms with van der Waals surface area (Å²) in [6.07, 6.45) is -3.20. The number of anilines is 1. The van der Waals surface area contributed by atoms with Crippen LogP contribution in [0.5, 0.6) is 0 Å². The monoisotopic (exact) mass is 679 g/mol. The molecule has 3 aromatic carbocycles. The fourth-order valence-corrected chi connectivity index (χ4v) is 7.57. The topological polar surface area (TPSA) is 130 Å². The summed E-state index contributed by atoms with van der Waals surface area (Å²) in [5.74, 6) is -1.14. The Bertz CT molecular complexity index is 1750. The predicted octanol–water partition coefficient (Wildman–Crippen LogP) is 5.68. The third-order valence-corrected chi connectivity index (χ3v) is 10.3. The summed E-state index contributed by atoms with van der Waals surface area (Å²) in [5, 5.41) is 12.3. The number of halogens is 5. The van der Waals surface area contributed by atoms with Crippen molar-refractivity contribution >= 4 is 54.7 Å². The third kappa shape index (κ3) is 8.19. The van der Waals surface area contributed by atoms with E-state index in [2.05, 4.69) is 5.32 Å². The molecule has 0 bridgehead atoms. The molecule has 3 N–H and O–H groups in total. The van der Waals surface area contributed by atoms with Crippen molar-refractivity contribution in [1.29, 1.82) is 0 Å². The highest BCUT2D eigenvalue weighted by atomic mass is 35.5. The molecule has 0 saturated carbocycles. The van der Waals surface area contributed by atoms with Crippen LogP contribution in [0.1, 0.15) is 34.3 Å². The second-order valence-electron chi connectivity index (χ2n) is 9.88. The molecular weight excluding hydrogens is 654 g/mol. The molecule has 1 aliphatic heterocycles. The molecule has 0 atom stereocenters. The number of rotatable bonds is 10. The zero-order valence-corrected chi connectivity index (χ0v) is 25.4. The summed E-state index contributed by atoms with van der Waals surface area (Å²) in [6, 6.07) is 11.0. The fourth-order valence-electron chi connectivity index (χ4n) is 4.52. The number of hydrogen-bond acceptors (Lipinski definition) is 6. The molecule has 3 aromatic rings. The molecule has 0 radical (unpaired) electrons. The highest BCUT2D eigenvalue weighted by Gasteiger charge is 2.35. The second-order valence-corrected chi connectivity index (χ2v) is 14.4. The van der Waals surface area contributed by atoms with Gasteiger partial charge in [-0.25, -0.2) is 22.0 Å². The van der Waals surface area contributed by atoms with Gasteiger partial charge in [0.25, 0.3) is 10.0 Å². The van der Waals surface area contributed by atoms with E-state index in [1.807, 2.05) is 4.72 Å². The van der Waals surface area contributed by atoms with Crippen LogP contribution in [0.3, 0.4) is 0 Å². The molecule has 0 aliphatic carbocycles. The minimum absolute atomic E-state index is 0.0416. The second kappa shape index (κ2) is 12.6. The van der Waals surface area contributed by atoms with Crippen molar-refractivity contribution in [3.8, 4) is 0 Å². The molecule has 0 unspecified atom stereocenters. The summed E-state index contributed by atoms with van der Waals surface area (Å²) in [7, 11) is -9.02. The maximum Gasteiger partial charge on any atom is 0.417 e. The molecule has 16 heteroatoms. The van der Waals surface area contributed by atoms with Crippen molar-refractivity contribution in [3.05, 3.63) is 93.9 Å². The van der Waals surface area contributed by atoms with Gasteiger partial charge in [-0.05, 0) is 54.1 Å². The molecule has 1 saturated heterocycles. The number of nitrogens with zero attached hydrogens (tertiary/aromatic N) is 1. The normalized spacial score (nSPS) is 15.3. The average molecular weight is 681 g/mol. The van der Waals surface area contributed by atoms with Crippen LogP contribution in [-0.2, 0) is 31.8 Å². The smallest absolute Gasteiger partial charge is 0.377 e.